The lowest BCUT2D eigenvalue weighted by molar-refractivity contribution is -0.118. The second kappa shape index (κ2) is 8.56. The van der Waals surface area contributed by atoms with E-state index in [0.29, 0.717) is 55.2 Å². The number of ether oxygens (including phenoxy) is 2. The SMILES string of the molecule is O=C(Cc1csc(N2CCNC2=O)n1)N(Cc1cccs1)c1ccc2c(c1)OCCO2. The van der Waals surface area contributed by atoms with E-state index in [1.54, 1.807) is 21.1 Å². The third-order valence-electron chi connectivity index (χ3n) is 4.99. The van der Waals surface area contributed by atoms with Crippen molar-refractivity contribution in [1.82, 2.24) is 10.3 Å². The van der Waals surface area contributed by atoms with Crippen LogP contribution in [0.25, 0.3) is 0 Å². The minimum atomic E-state index is -0.150. The molecule has 4 heterocycles. The Balaban J connectivity index is 1.38. The Morgan fingerprint density at radius 2 is 2.06 bits per heavy atom. The predicted octanol–water partition coefficient (Wildman–Crippen LogP) is 3.28. The first-order chi connectivity index (χ1) is 15.2. The molecule has 31 heavy (non-hydrogen) atoms. The number of aromatic nitrogens is 1. The van der Waals surface area contributed by atoms with Crippen molar-refractivity contribution in [2.24, 2.45) is 0 Å². The first kappa shape index (κ1) is 19.8. The van der Waals surface area contributed by atoms with Gasteiger partial charge in [-0.25, -0.2) is 9.78 Å². The van der Waals surface area contributed by atoms with Gasteiger partial charge in [-0.15, -0.1) is 22.7 Å². The smallest absolute Gasteiger partial charge is 0.323 e. The van der Waals surface area contributed by atoms with Crippen LogP contribution in [-0.4, -0.2) is 43.2 Å². The van der Waals surface area contributed by atoms with Gasteiger partial charge in [-0.05, 0) is 23.6 Å². The van der Waals surface area contributed by atoms with Gasteiger partial charge in [0.1, 0.15) is 13.2 Å². The van der Waals surface area contributed by atoms with Gasteiger partial charge in [-0.2, -0.15) is 0 Å². The van der Waals surface area contributed by atoms with Gasteiger partial charge < -0.3 is 19.7 Å². The second-order valence-corrected chi connectivity index (χ2v) is 8.94. The van der Waals surface area contributed by atoms with Crippen LogP contribution in [0.1, 0.15) is 10.6 Å². The zero-order valence-corrected chi connectivity index (χ0v) is 18.2. The Kier molecular flexibility index (Phi) is 5.47. The lowest BCUT2D eigenvalue weighted by atomic mass is 10.2. The second-order valence-electron chi connectivity index (χ2n) is 7.07. The molecule has 2 aliphatic heterocycles. The van der Waals surface area contributed by atoms with Crippen LogP contribution in [0.15, 0.2) is 41.1 Å². The zero-order valence-electron chi connectivity index (χ0n) is 16.6. The number of hydrogen-bond donors (Lipinski definition) is 1. The molecule has 0 bridgehead atoms. The summed E-state index contributed by atoms with van der Waals surface area (Å²) in [6.07, 6.45) is 0.145. The molecule has 1 saturated heterocycles. The number of nitrogens with zero attached hydrogens (tertiary/aromatic N) is 3. The molecule has 5 rings (SSSR count). The minimum absolute atomic E-state index is 0.0761. The Morgan fingerprint density at radius 3 is 2.84 bits per heavy atom. The Hall–Kier alpha value is -3.11. The van der Waals surface area contributed by atoms with Crippen molar-refractivity contribution in [2.75, 3.05) is 36.1 Å². The highest BCUT2D eigenvalue weighted by molar-refractivity contribution is 7.14. The molecule has 0 saturated carbocycles. The molecule has 3 amide bonds. The summed E-state index contributed by atoms with van der Waals surface area (Å²) in [5.74, 6) is 1.25. The third-order valence-corrected chi connectivity index (χ3v) is 6.77. The fourth-order valence-electron chi connectivity index (χ4n) is 3.49. The fourth-order valence-corrected chi connectivity index (χ4v) is 5.03. The van der Waals surface area contributed by atoms with Gasteiger partial charge in [-0.3, -0.25) is 9.69 Å². The summed E-state index contributed by atoms with van der Waals surface area (Å²) in [7, 11) is 0. The van der Waals surface area contributed by atoms with Crippen molar-refractivity contribution in [3.05, 3.63) is 51.7 Å². The summed E-state index contributed by atoms with van der Waals surface area (Å²) in [6, 6.07) is 9.39. The molecule has 1 aromatic carbocycles. The molecule has 8 nitrogen and oxygen atoms in total. The first-order valence-electron chi connectivity index (χ1n) is 9.89. The average Bonchev–Trinajstić information content (AvgIpc) is 3.54. The molecule has 3 aromatic rings. The number of rotatable bonds is 6. The Bertz CT molecular complexity index is 1100. The van der Waals surface area contributed by atoms with E-state index in [2.05, 4.69) is 10.3 Å². The van der Waals surface area contributed by atoms with E-state index in [0.717, 1.165) is 10.6 Å². The van der Waals surface area contributed by atoms with Gasteiger partial charge in [0.05, 0.1) is 18.7 Å². The molecular weight excluding hydrogens is 436 g/mol. The van der Waals surface area contributed by atoms with Crippen LogP contribution in [0, 0.1) is 0 Å². The minimum Gasteiger partial charge on any atom is -0.486 e. The van der Waals surface area contributed by atoms with E-state index in [4.69, 9.17) is 9.47 Å². The molecule has 2 aliphatic rings. The van der Waals surface area contributed by atoms with Gasteiger partial charge in [0.25, 0.3) is 0 Å². The van der Waals surface area contributed by atoms with Crippen molar-refractivity contribution in [3.8, 4) is 11.5 Å². The highest BCUT2D eigenvalue weighted by atomic mass is 32.1. The molecule has 0 unspecified atom stereocenters. The Labute approximate surface area is 187 Å². The number of amides is 3. The van der Waals surface area contributed by atoms with E-state index in [9.17, 15) is 9.59 Å². The van der Waals surface area contributed by atoms with Gasteiger partial charge in [0, 0.05) is 35.1 Å². The topological polar surface area (TPSA) is 84.0 Å². The number of thiazole rings is 1. The molecule has 10 heteroatoms. The van der Waals surface area contributed by atoms with Crippen molar-refractivity contribution in [1.29, 1.82) is 0 Å². The van der Waals surface area contributed by atoms with Crippen LogP contribution in [0.3, 0.4) is 0 Å². The number of benzene rings is 1. The van der Waals surface area contributed by atoms with E-state index in [1.165, 1.54) is 11.3 Å². The normalized spacial score (nSPS) is 15.1. The van der Waals surface area contributed by atoms with Crippen LogP contribution in [-0.2, 0) is 17.8 Å². The number of anilines is 2. The lowest BCUT2D eigenvalue weighted by Crippen LogP contribution is -2.32. The maximum absolute atomic E-state index is 13.3. The third kappa shape index (κ3) is 4.21. The summed E-state index contributed by atoms with van der Waals surface area (Å²) in [5.41, 5.74) is 1.40. The number of nitrogens with one attached hydrogen (secondary N) is 1. The number of urea groups is 1. The first-order valence-corrected chi connectivity index (χ1v) is 11.7. The molecule has 1 N–H and O–H groups in total. The van der Waals surface area contributed by atoms with Crippen molar-refractivity contribution in [3.63, 3.8) is 0 Å². The highest BCUT2D eigenvalue weighted by Gasteiger charge is 2.25. The van der Waals surface area contributed by atoms with Gasteiger partial charge in [-0.1, -0.05) is 6.07 Å². The van der Waals surface area contributed by atoms with Crippen LogP contribution < -0.4 is 24.6 Å². The van der Waals surface area contributed by atoms with Crippen molar-refractivity contribution < 1.29 is 19.1 Å². The molecule has 0 atom stereocenters. The quantitative estimate of drug-likeness (QED) is 0.615. The largest absolute Gasteiger partial charge is 0.486 e. The number of carbonyl (C=O) groups is 2. The summed E-state index contributed by atoms with van der Waals surface area (Å²) in [6.45, 7) is 2.65. The molecule has 0 aliphatic carbocycles. The summed E-state index contributed by atoms with van der Waals surface area (Å²) in [4.78, 5) is 34.2. The summed E-state index contributed by atoms with van der Waals surface area (Å²) in [5, 5.41) is 7.21. The lowest BCUT2D eigenvalue weighted by Gasteiger charge is -2.25. The number of fused-ring (bicyclic) bond motifs is 1. The Morgan fingerprint density at radius 1 is 1.19 bits per heavy atom. The van der Waals surface area contributed by atoms with Gasteiger partial charge in [0.15, 0.2) is 16.6 Å². The molecule has 1 fully saturated rings. The maximum atomic E-state index is 13.3. The summed E-state index contributed by atoms with van der Waals surface area (Å²) >= 11 is 2.98. The predicted molar refractivity (Wildman–Crippen MR) is 120 cm³/mol. The van der Waals surface area contributed by atoms with E-state index >= 15 is 0 Å². The van der Waals surface area contributed by atoms with Crippen LogP contribution in [0.5, 0.6) is 11.5 Å². The van der Waals surface area contributed by atoms with Crippen molar-refractivity contribution in [2.45, 2.75) is 13.0 Å². The fraction of sp³-hybridized carbons (Fsp3) is 0.286. The average molecular weight is 457 g/mol. The van der Waals surface area contributed by atoms with Gasteiger partial charge >= 0.3 is 6.03 Å². The zero-order chi connectivity index (χ0) is 21.2. The molecule has 0 spiro atoms. The van der Waals surface area contributed by atoms with E-state index in [-0.39, 0.29) is 18.4 Å². The van der Waals surface area contributed by atoms with Gasteiger partial charge in [0.2, 0.25) is 5.91 Å². The highest BCUT2D eigenvalue weighted by Crippen LogP contribution is 2.35. The standard InChI is InChI=1S/C21H20N4O4S2/c26-19(10-14-13-31-21(23-14)24-6-5-22-20(24)27)25(12-16-2-1-9-30-16)15-3-4-17-18(11-15)29-8-7-28-17/h1-4,9,11,13H,5-8,10,12H2,(H,22,27). The molecule has 2 aromatic heterocycles. The monoisotopic (exact) mass is 456 g/mol. The van der Waals surface area contributed by atoms with E-state index < -0.39 is 0 Å². The molecular formula is C21H20N4O4S2. The van der Waals surface area contributed by atoms with E-state index in [1.807, 2.05) is 41.1 Å². The number of hydrogen-bond acceptors (Lipinski definition) is 7. The number of thiophene rings is 1. The summed E-state index contributed by atoms with van der Waals surface area (Å²) < 4.78 is 11.3. The van der Waals surface area contributed by atoms with Crippen molar-refractivity contribution >= 4 is 45.4 Å². The number of carbonyl (C=O) groups excluding carboxylic acids is 2. The maximum Gasteiger partial charge on any atom is 0.323 e. The van der Waals surface area contributed by atoms with Crippen LogP contribution in [0.4, 0.5) is 15.6 Å². The van der Waals surface area contributed by atoms with Crippen LogP contribution >= 0.6 is 22.7 Å². The molecule has 0 radical (unpaired) electrons. The van der Waals surface area contributed by atoms with Crippen LogP contribution in [0.2, 0.25) is 0 Å². The molecule has 160 valence electrons.